The Labute approximate surface area is 223 Å². The lowest BCUT2D eigenvalue weighted by molar-refractivity contribution is -0.137. The summed E-state index contributed by atoms with van der Waals surface area (Å²) in [6.07, 6.45) is 1.23. The maximum absolute atomic E-state index is 13.4. The Morgan fingerprint density at radius 1 is 1.05 bits per heavy atom. The van der Waals surface area contributed by atoms with Gasteiger partial charge in [-0.2, -0.15) is 5.10 Å². The van der Waals surface area contributed by atoms with Crippen molar-refractivity contribution in [2.75, 3.05) is 27.3 Å². The molecule has 2 heterocycles. The topological polar surface area (TPSA) is 80.7 Å². The molecule has 2 aliphatic rings. The Bertz CT molecular complexity index is 1220. The minimum absolute atomic E-state index is 0.00781. The number of hydrogen-bond acceptors (Lipinski definition) is 6. The van der Waals surface area contributed by atoms with Crippen molar-refractivity contribution < 1.29 is 23.8 Å². The molecule has 0 unspecified atom stereocenters. The van der Waals surface area contributed by atoms with Gasteiger partial charge in [-0.25, -0.2) is 5.01 Å². The van der Waals surface area contributed by atoms with Gasteiger partial charge in [0.2, 0.25) is 0 Å². The van der Waals surface area contributed by atoms with E-state index in [4.69, 9.17) is 30.9 Å². The predicted molar refractivity (Wildman–Crippen MR) is 143 cm³/mol. The monoisotopic (exact) mass is 527 g/mol. The summed E-state index contributed by atoms with van der Waals surface area (Å²) >= 11 is 6.35. The molecule has 9 heteroatoms. The van der Waals surface area contributed by atoms with E-state index >= 15 is 0 Å². The van der Waals surface area contributed by atoms with Crippen molar-refractivity contribution in [3.05, 3.63) is 52.5 Å². The SMILES string of the molecule is COc1ccc(C2=NN(C3CCN(C(=O)c4cc(OC(C)C)ccc4Cl)CC3)C(=O)C2(C)C)cc1OC. The minimum atomic E-state index is -0.795. The molecule has 2 aromatic carbocycles. The van der Waals surface area contributed by atoms with Crippen molar-refractivity contribution in [2.24, 2.45) is 10.5 Å². The van der Waals surface area contributed by atoms with Crippen LogP contribution in [-0.2, 0) is 4.79 Å². The highest BCUT2D eigenvalue weighted by molar-refractivity contribution is 6.33. The number of amides is 2. The molecule has 2 aliphatic heterocycles. The van der Waals surface area contributed by atoms with Gasteiger partial charge in [0.15, 0.2) is 11.5 Å². The van der Waals surface area contributed by atoms with Gasteiger partial charge in [0, 0.05) is 18.7 Å². The largest absolute Gasteiger partial charge is 0.493 e. The lowest BCUT2D eigenvalue weighted by Gasteiger charge is -2.35. The summed E-state index contributed by atoms with van der Waals surface area (Å²) in [4.78, 5) is 28.5. The molecule has 0 radical (unpaired) electrons. The van der Waals surface area contributed by atoms with E-state index in [0.717, 1.165) is 5.56 Å². The highest BCUT2D eigenvalue weighted by atomic mass is 35.5. The Kier molecular flexibility index (Phi) is 7.69. The molecule has 0 bridgehead atoms. The van der Waals surface area contributed by atoms with E-state index in [9.17, 15) is 9.59 Å². The number of methoxy groups -OCH3 is 2. The summed E-state index contributed by atoms with van der Waals surface area (Å²) in [5.41, 5.74) is 1.12. The second-order valence-electron chi connectivity index (χ2n) is 10.1. The predicted octanol–water partition coefficient (Wildman–Crippen LogP) is 5.02. The van der Waals surface area contributed by atoms with Crippen LogP contribution in [0.5, 0.6) is 17.2 Å². The summed E-state index contributed by atoms with van der Waals surface area (Å²) < 4.78 is 16.5. The van der Waals surface area contributed by atoms with E-state index in [1.165, 1.54) is 0 Å². The number of hydrogen-bond donors (Lipinski definition) is 0. The van der Waals surface area contributed by atoms with Crippen molar-refractivity contribution in [1.29, 1.82) is 0 Å². The van der Waals surface area contributed by atoms with E-state index in [1.54, 1.807) is 42.3 Å². The molecule has 1 fully saturated rings. The molecule has 0 aromatic heterocycles. The third-order valence-electron chi connectivity index (χ3n) is 6.84. The molecule has 37 heavy (non-hydrogen) atoms. The van der Waals surface area contributed by atoms with Crippen LogP contribution in [0.3, 0.4) is 0 Å². The van der Waals surface area contributed by atoms with Crippen molar-refractivity contribution in [3.8, 4) is 17.2 Å². The number of nitrogens with zero attached hydrogens (tertiary/aromatic N) is 3. The minimum Gasteiger partial charge on any atom is -0.493 e. The summed E-state index contributed by atoms with van der Waals surface area (Å²) in [6, 6.07) is 10.6. The fourth-order valence-corrected chi connectivity index (χ4v) is 5.01. The number of likely N-dealkylation sites (tertiary alicyclic amines) is 1. The summed E-state index contributed by atoms with van der Waals surface area (Å²) in [7, 11) is 3.16. The summed E-state index contributed by atoms with van der Waals surface area (Å²) in [6.45, 7) is 8.64. The number of rotatable bonds is 7. The van der Waals surface area contributed by atoms with Crippen LogP contribution in [0.15, 0.2) is 41.5 Å². The lowest BCUT2D eigenvalue weighted by Crippen LogP contribution is -2.47. The smallest absolute Gasteiger partial charge is 0.255 e. The molecule has 0 atom stereocenters. The van der Waals surface area contributed by atoms with E-state index in [2.05, 4.69) is 0 Å². The van der Waals surface area contributed by atoms with Gasteiger partial charge in [-0.3, -0.25) is 9.59 Å². The fraction of sp³-hybridized carbons (Fsp3) is 0.464. The zero-order valence-electron chi connectivity index (χ0n) is 22.2. The number of benzene rings is 2. The van der Waals surface area contributed by atoms with Gasteiger partial charge in [-0.15, -0.1) is 0 Å². The van der Waals surface area contributed by atoms with Crippen molar-refractivity contribution >= 4 is 29.1 Å². The van der Waals surface area contributed by atoms with Crippen LogP contribution < -0.4 is 14.2 Å². The van der Waals surface area contributed by atoms with Crippen LogP contribution in [-0.4, -0.2) is 66.9 Å². The first-order valence-electron chi connectivity index (χ1n) is 12.5. The normalized spacial score (nSPS) is 17.7. The van der Waals surface area contributed by atoms with Crippen molar-refractivity contribution in [1.82, 2.24) is 9.91 Å². The molecule has 2 aromatic rings. The summed E-state index contributed by atoms with van der Waals surface area (Å²) in [5, 5.41) is 6.79. The first-order valence-corrected chi connectivity index (χ1v) is 12.8. The summed E-state index contributed by atoms with van der Waals surface area (Å²) in [5.74, 6) is 1.62. The Morgan fingerprint density at radius 3 is 2.35 bits per heavy atom. The molecule has 0 aliphatic carbocycles. The lowest BCUT2D eigenvalue weighted by atomic mass is 9.83. The van der Waals surface area contributed by atoms with Gasteiger partial charge < -0.3 is 19.1 Å². The molecule has 0 spiro atoms. The van der Waals surface area contributed by atoms with E-state index in [0.29, 0.717) is 59.5 Å². The van der Waals surface area contributed by atoms with Gasteiger partial charge in [0.05, 0.1) is 48.1 Å². The Hall–Kier alpha value is -3.26. The van der Waals surface area contributed by atoms with Crippen molar-refractivity contribution in [3.63, 3.8) is 0 Å². The molecule has 4 rings (SSSR count). The maximum atomic E-state index is 13.4. The highest BCUT2D eigenvalue weighted by Crippen LogP contribution is 2.38. The number of carbonyl (C=O) groups excluding carboxylic acids is 2. The third kappa shape index (κ3) is 5.25. The fourth-order valence-electron chi connectivity index (χ4n) is 4.81. The Balaban J connectivity index is 1.49. The van der Waals surface area contributed by atoms with Crippen LogP contribution in [0.2, 0.25) is 5.02 Å². The van der Waals surface area contributed by atoms with Crippen LogP contribution in [0.4, 0.5) is 0 Å². The van der Waals surface area contributed by atoms with Gasteiger partial charge in [-0.05, 0) is 76.9 Å². The molecule has 0 N–H and O–H groups in total. The number of hydrazone groups is 1. The Morgan fingerprint density at radius 2 is 1.73 bits per heavy atom. The van der Waals surface area contributed by atoms with E-state index in [-0.39, 0.29) is 24.0 Å². The average Bonchev–Trinajstić information content (AvgIpc) is 3.12. The van der Waals surface area contributed by atoms with Crippen LogP contribution in [0.1, 0.15) is 56.5 Å². The van der Waals surface area contributed by atoms with Gasteiger partial charge >= 0.3 is 0 Å². The quantitative estimate of drug-likeness (QED) is 0.505. The maximum Gasteiger partial charge on any atom is 0.255 e. The first-order chi connectivity index (χ1) is 17.6. The highest BCUT2D eigenvalue weighted by Gasteiger charge is 2.47. The van der Waals surface area contributed by atoms with Crippen LogP contribution >= 0.6 is 11.6 Å². The van der Waals surface area contributed by atoms with Crippen LogP contribution in [0, 0.1) is 5.41 Å². The molecule has 1 saturated heterocycles. The standard InChI is InChI=1S/C28H34ClN3O5/c1-17(2)37-20-8-9-22(29)21(16-20)26(33)31-13-11-19(12-14-31)32-27(34)28(3,4)25(30-32)18-7-10-23(35-5)24(15-18)36-6/h7-10,15-17,19H,11-14H2,1-6H3. The second-order valence-corrected chi connectivity index (χ2v) is 10.5. The number of ether oxygens (including phenoxy) is 3. The number of carbonyl (C=O) groups is 2. The zero-order chi connectivity index (χ0) is 26.9. The van der Waals surface area contributed by atoms with Crippen molar-refractivity contribution in [2.45, 2.75) is 52.7 Å². The molecule has 0 saturated carbocycles. The number of halogens is 1. The zero-order valence-corrected chi connectivity index (χ0v) is 23.0. The van der Waals surface area contributed by atoms with Gasteiger partial charge in [0.25, 0.3) is 11.8 Å². The molecular weight excluding hydrogens is 494 g/mol. The molecule has 2 amide bonds. The third-order valence-corrected chi connectivity index (χ3v) is 7.17. The van der Waals surface area contributed by atoms with E-state index < -0.39 is 5.41 Å². The second kappa shape index (κ2) is 10.6. The first kappa shape index (κ1) is 26.8. The molecular formula is C28H34ClN3O5. The van der Waals surface area contributed by atoms with E-state index in [1.807, 2.05) is 45.9 Å². The van der Waals surface area contributed by atoms with Gasteiger partial charge in [0.1, 0.15) is 5.75 Å². The van der Waals surface area contributed by atoms with Gasteiger partial charge in [-0.1, -0.05) is 11.6 Å². The number of piperidine rings is 1. The molecule has 198 valence electrons. The molecule has 8 nitrogen and oxygen atoms in total. The van der Waals surface area contributed by atoms with Crippen LogP contribution in [0.25, 0.3) is 0 Å². The average molecular weight is 528 g/mol.